The van der Waals surface area contributed by atoms with Crippen LogP contribution in [-0.4, -0.2) is 37.8 Å². The van der Waals surface area contributed by atoms with Gasteiger partial charge < -0.3 is 18.6 Å². The van der Waals surface area contributed by atoms with Gasteiger partial charge in [0.1, 0.15) is 5.76 Å². The SMILES string of the molecule is COc1cc2c(cc1OC)C(C)N(Cc1cc(OC)c3oc(-c4cccnc4)cc3c1)CC2. The molecular weight excluding hydrogens is 416 g/mol. The van der Waals surface area contributed by atoms with E-state index in [4.69, 9.17) is 18.6 Å². The quantitative estimate of drug-likeness (QED) is 0.384. The summed E-state index contributed by atoms with van der Waals surface area (Å²) in [7, 11) is 5.05. The lowest BCUT2D eigenvalue weighted by atomic mass is 9.92. The van der Waals surface area contributed by atoms with E-state index in [1.807, 2.05) is 12.1 Å². The molecule has 0 spiro atoms. The summed E-state index contributed by atoms with van der Waals surface area (Å²) in [6.07, 6.45) is 4.53. The van der Waals surface area contributed by atoms with Gasteiger partial charge in [0.05, 0.1) is 21.3 Å². The Kier molecular flexibility index (Phi) is 5.68. The highest BCUT2D eigenvalue weighted by atomic mass is 16.5. The fourth-order valence-electron chi connectivity index (χ4n) is 4.72. The van der Waals surface area contributed by atoms with Crippen LogP contribution in [0.4, 0.5) is 0 Å². The van der Waals surface area contributed by atoms with Crippen molar-refractivity contribution in [2.45, 2.75) is 25.9 Å². The minimum absolute atomic E-state index is 0.255. The zero-order chi connectivity index (χ0) is 22.9. The third-order valence-electron chi connectivity index (χ3n) is 6.51. The Morgan fingerprint density at radius 2 is 1.79 bits per heavy atom. The predicted molar refractivity (Wildman–Crippen MR) is 128 cm³/mol. The van der Waals surface area contributed by atoms with Gasteiger partial charge in [0.25, 0.3) is 0 Å². The number of pyridine rings is 1. The summed E-state index contributed by atoms with van der Waals surface area (Å²) in [6, 6.07) is 14.7. The number of ether oxygens (including phenoxy) is 3. The van der Waals surface area contributed by atoms with Crippen LogP contribution in [0.15, 0.2) is 59.3 Å². The van der Waals surface area contributed by atoms with Gasteiger partial charge in [-0.2, -0.15) is 0 Å². The van der Waals surface area contributed by atoms with E-state index in [-0.39, 0.29) is 6.04 Å². The molecule has 33 heavy (non-hydrogen) atoms. The first-order valence-electron chi connectivity index (χ1n) is 11.1. The second kappa shape index (κ2) is 8.79. The molecule has 0 saturated heterocycles. The number of furan rings is 1. The average molecular weight is 445 g/mol. The molecule has 6 heteroatoms. The molecule has 170 valence electrons. The van der Waals surface area contributed by atoms with E-state index >= 15 is 0 Å². The van der Waals surface area contributed by atoms with Gasteiger partial charge in [-0.1, -0.05) is 0 Å². The van der Waals surface area contributed by atoms with E-state index in [1.165, 1.54) is 16.7 Å². The van der Waals surface area contributed by atoms with E-state index < -0.39 is 0 Å². The van der Waals surface area contributed by atoms with E-state index in [2.05, 4.69) is 47.1 Å². The normalized spacial score (nSPS) is 15.9. The molecule has 5 rings (SSSR count). The summed E-state index contributed by atoms with van der Waals surface area (Å²) in [5.41, 5.74) is 5.50. The Bertz CT molecular complexity index is 1280. The molecule has 1 unspecified atom stereocenters. The van der Waals surface area contributed by atoms with Crippen LogP contribution in [0.1, 0.15) is 29.7 Å². The van der Waals surface area contributed by atoms with Crippen LogP contribution in [0.3, 0.4) is 0 Å². The van der Waals surface area contributed by atoms with Gasteiger partial charge in [-0.05, 0) is 72.5 Å². The van der Waals surface area contributed by atoms with Crippen molar-refractivity contribution in [1.29, 1.82) is 0 Å². The monoisotopic (exact) mass is 444 g/mol. The van der Waals surface area contributed by atoms with Gasteiger partial charge in [-0.15, -0.1) is 0 Å². The molecule has 4 aromatic rings. The second-order valence-corrected chi connectivity index (χ2v) is 8.37. The van der Waals surface area contributed by atoms with Crippen molar-refractivity contribution in [3.05, 3.63) is 71.5 Å². The summed E-state index contributed by atoms with van der Waals surface area (Å²) in [5.74, 6) is 3.09. The van der Waals surface area contributed by atoms with Gasteiger partial charge in [-0.25, -0.2) is 0 Å². The first-order valence-corrected chi connectivity index (χ1v) is 11.1. The number of hydrogen-bond acceptors (Lipinski definition) is 6. The van der Waals surface area contributed by atoms with Crippen molar-refractivity contribution < 1.29 is 18.6 Å². The molecule has 0 N–H and O–H groups in total. The van der Waals surface area contributed by atoms with Gasteiger partial charge >= 0.3 is 0 Å². The van der Waals surface area contributed by atoms with Crippen molar-refractivity contribution in [2.75, 3.05) is 27.9 Å². The molecule has 1 atom stereocenters. The maximum atomic E-state index is 6.13. The fourth-order valence-corrected chi connectivity index (χ4v) is 4.72. The van der Waals surface area contributed by atoms with Crippen molar-refractivity contribution in [2.24, 2.45) is 0 Å². The first-order chi connectivity index (χ1) is 16.1. The molecule has 0 bridgehead atoms. The number of nitrogens with zero attached hydrogens (tertiary/aromatic N) is 2. The van der Waals surface area contributed by atoms with E-state index in [1.54, 1.807) is 33.7 Å². The first kappa shape index (κ1) is 21.3. The average Bonchev–Trinajstić information content (AvgIpc) is 3.29. The fraction of sp³-hybridized carbons (Fsp3) is 0.296. The molecule has 1 aliphatic rings. The molecule has 0 radical (unpaired) electrons. The molecule has 3 heterocycles. The third-order valence-corrected chi connectivity index (χ3v) is 6.51. The number of benzene rings is 2. The van der Waals surface area contributed by atoms with E-state index in [0.717, 1.165) is 59.1 Å². The van der Waals surface area contributed by atoms with Crippen LogP contribution >= 0.6 is 0 Å². The Hall–Kier alpha value is -3.51. The Morgan fingerprint density at radius 1 is 1.00 bits per heavy atom. The van der Waals surface area contributed by atoms with Crippen LogP contribution in [0, 0.1) is 0 Å². The van der Waals surface area contributed by atoms with Crippen LogP contribution in [0.2, 0.25) is 0 Å². The number of hydrogen-bond donors (Lipinski definition) is 0. The molecule has 0 amide bonds. The van der Waals surface area contributed by atoms with Gasteiger partial charge in [-0.3, -0.25) is 9.88 Å². The highest BCUT2D eigenvalue weighted by Gasteiger charge is 2.26. The van der Waals surface area contributed by atoms with Crippen LogP contribution in [0.25, 0.3) is 22.3 Å². The minimum Gasteiger partial charge on any atom is -0.493 e. The summed E-state index contributed by atoms with van der Waals surface area (Å²) < 4.78 is 22.9. The largest absolute Gasteiger partial charge is 0.493 e. The second-order valence-electron chi connectivity index (χ2n) is 8.37. The molecule has 0 saturated carbocycles. The smallest absolute Gasteiger partial charge is 0.176 e. The lowest BCUT2D eigenvalue weighted by molar-refractivity contribution is 0.188. The number of methoxy groups -OCH3 is 3. The highest BCUT2D eigenvalue weighted by Crippen LogP contribution is 2.39. The summed E-state index contributed by atoms with van der Waals surface area (Å²) in [4.78, 5) is 6.69. The van der Waals surface area contributed by atoms with Gasteiger partial charge in [0.2, 0.25) is 0 Å². The maximum absolute atomic E-state index is 6.13. The van der Waals surface area contributed by atoms with Crippen LogP contribution < -0.4 is 14.2 Å². The number of rotatable bonds is 6. The topological polar surface area (TPSA) is 57.0 Å². The van der Waals surface area contributed by atoms with E-state index in [9.17, 15) is 0 Å². The highest BCUT2D eigenvalue weighted by molar-refractivity contribution is 5.88. The maximum Gasteiger partial charge on any atom is 0.176 e. The zero-order valence-electron chi connectivity index (χ0n) is 19.4. The van der Waals surface area contributed by atoms with Crippen molar-refractivity contribution >= 4 is 11.0 Å². The molecular formula is C27H28N2O4. The number of fused-ring (bicyclic) bond motifs is 2. The molecule has 1 aliphatic heterocycles. The zero-order valence-corrected chi connectivity index (χ0v) is 19.4. The Morgan fingerprint density at radius 3 is 2.52 bits per heavy atom. The Balaban J connectivity index is 1.45. The lowest BCUT2D eigenvalue weighted by Crippen LogP contribution is -2.33. The number of aromatic nitrogens is 1. The van der Waals surface area contributed by atoms with Gasteiger partial charge in [0.15, 0.2) is 22.8 Å². The summed E-state index contributed by atoms with van der Waals surface area (Å²) in [5, 5.41) is 1.03. The van der Waals surface area contributed by atoms with Crippen molar-refractivity contribution in [3.8, 4) is 28.6 Å². The van der Waals surface area contributed by atoms with E-state index in [0.29, 0.717) is 0 Å². The lowest BCUT2D eigenvalue weighted by Gasteiger charge is -2.35. The van der Waals surface area contributed by atoms with Crippen LogP contribution in [0.5, 0.6) is 17.2 Å². The van der Waals surface area contributed by atoms with Crippen molar-refractivity contribution in [3.63, 3.8) is 0 Å². The molecule has 0 fully saturated rings. The van der Waals surface area contributed by atoms with Gasteiger partial charge in [0, 0.05) is 42.5 Å². The molecule has 6 nitrogen and oxygen atoms in total. The molecule has 2 aromatic heterocycles. The minimum atomic E-state index is 0.255. The molecule has 0 aliphatic carbocycles. The third kappa shape index (κ3) is 3.91. The standard InChI is InChI=1S/C27H28N2O4/c1-17-22-14-25(31-3)24(30-2)12-19(22)7-9-29(17)16-18-10-21-13-23(20-6-5-8-28-15-20)33-27(21)26(11-18)32-4/h5-6,8,10-15,17H,7,9,16H2,1-4H3. The Labute approximate surface area is 193 Å². The summed E-state index contributed by atoms with van der Waals surface area (Å²) >= 11 is 0. The molecule has 2 aromatic carbocycles. The van der Waals surface area contributed by atoms with Crippen molar-refractivity contribution in [1.82, 2.24) is 9.88 Å². The predicted octanol–water partition coefficient (Wildman–Crippen LogP) is 5.64. The summed E-state index contributed by atoms with van der Waals surface area (Å²) in [6.45, 7) is 4.03. The van der Waals surface area contributed by atoms with Crippen LogP contribution in [-0.2, 0) is 13.0 Å².